The Bertz CT molecular complexity index is 1340. The molecule has 1 aliphatic heterocycles. The lowest BCUT2D eigenvalue weighted by Gasteiger charge is -2.21. The van der Waals surface area contributed by atoms with Gasteiger partial charge in [-0.2, -0.15) is 4.31 Å². The van der Waals surface area contributed by atoms with Crippen molar-refractivity contribution >= 4 is 65.8 Å². The van der Waals surface area contributed by atoms with Crippen molar-refractivity contribution in [3.05, 3.63) is 35.4 Å². The van der Waals surface area contributed by atoms with E-state index in [-0.39, 0.29) is 33.9 Å². The van der Waals surface area contributed by atoms with E-state index in [4.69, 9.17) is 21.1 Å². The van der Waals surface area contributed by atoms with Crippen LogP contribution >= 0.6 is 22.9 Å². The van der Waals surface area contributed by atoms with Gasteiger partial charge in [0.2, 0.25) is 15.9 Å². The van der Waals surface area contributed by atoms with Crippen LogP contribution in [0.2, 0.25) is 5.02 Å². The van der Waals surface area contributed by atoms with Crippen molar-refractivity contribution < 1.29 is 27.5 Å². The molecule has 0 fully saturated rings. The Morgan fingerprint density at radius 2 is 2.16 bits per heavy atom. The molecule has 0 radical (unpaired) electrons. The third-order valence-corrected chi connectivity index (χ3v) is 7.77. The van der Waals surface area contributed by atoms with Gasteiger partial charge < -0.3 is 20.1 Å². The summed E-state index contributed by atoms with van der Waals surface area (Å²) in [6, 6.07) is 7.83. The molecule has 0 unspecified atom stereocenters. The summed E-state index contributed by atoms with van der Waals surface area (Å²) in [7, 11) is -1.31. The minimum atomic E-state index is -4.12. The van der Waals surface area contributed by atoms with Crippen molar-refractivity contribution in [3.63, 3.8) is 0 Å². The molecule has 3 aromatic rings. The van der Waals surface area contributed by atoms with Crippen LogP contribution in [0.15, 0.2) is 35.2 Å². The van der Waals surface area contributed by atoms with Crippen LogP contribution in [0.5, 0.6) is 11.5 Å². The Hall–Kier alpha value is -2.93. The molecule has 32 heavy (non-hydrogen) atoms. The molecule has 2 amide bonds. The molecule has 168 valence electrons. The van der Waals surface area contributed by atoms with Crippen LogP contribution in [-0.2, 0) is 19.6 Å². The number of sulfonamides is 1. The normalized spacial score (nSPS) is 13.4. The number of carbonyl (C=O) groups excluding carboxylic acids is 2. The molecule has 0 saturated heterocycles. The number of methoxy groups -OCH3 is 1. The van der Waals surface area contributed by atoms with Gasteiger partial charge in [0, 0.05) is 13.1 Å². The van der Waals surface area contributed by atoms with Gasteiger partial charge in [0.1, 0.15) is 16.4 Å². The first-order valence-corrected chi connectivity index (χ1v) is 11.8. The Kier molecular flexibility index (Phi) is 5.95. The van der Waals surface area contributed by atoms with E-state index >= 15 is 0 Å². The number of carbonyl (C=O) groups is 2. The molecule has 10 nitrogen and oxygen atoms in total. The van der Waals surface area contributed by atoms with Crippen LogP contribution in [0.1, 0.15) is 0 Å². The van der Waals surface area contributed by atoms with E-state index in [1.807, 2.05) is 0 Å². The summed E-state index contributed by atoms with van der Waals surface area (Å²) in [5, 5.41) is 5.38. The number of halogens is 1. The maximum Gasteiger partial charge on any atom is 0.262 e. The highest BCUT2D eigenvalue weighted by molar-refractivity contribution is 7.89. The van der Waals surface area contributed by atoms with Gasteiger partial charge in [-0.25, -0.2) is 13.4 Å². The Morgan fingerprint density at radius 3 is 2.91 bits per heavy atom. The van der Waals surface area contributed by atoms with Crippen molar-refractivity contribution in [3.8, 4) is 11.5 Å². The van der Waals surface area contributed by atoms with Crippen LogP contribution in [0.4, 0.5) is 10.8 Å². The summed E-state index contributed by atoms with van der Waals surface area (Å²) < 4.78 is 38.1. The minimum Gasteiger partial charge on any atom is -0.497 e. The Morgan fingerprint density at radius 1 is 1.38 bits per heavy atom. The number of likely N-dealkylation sites (N-methyl/N-ethyl adjacent to an activating group) is 1. The van der Waals surface area contributed by atoms with Crippen molar-refractivity contribution in [2.24, 2.45) is 0 Å². The quantitative estimate of drug-likeness (QED) is 0.536. The van der Waals surface area contributed by atoms with Gasteiger partial charge in [-0.05, 0) is 24.3 Å². The highest BCUT2D eigenvalue weighted by Gasteiger charge is 2.29. The average molecular weight is 497 g/mol. The van der Waals surface area contributed by atoms with Gasteiger partial charge in [-0.15, -0.1) is 0 Å². The number of hydrogen-bond acceptors (Lipinski definition) is 8. The van der Waals surface area contributed by atoms with Gasteiger partial charge in [0.15, 0.2) is 11.7 Å². The monoisotopic (exact) mass is 496 g/mol. The fraction of sp³-hybridized carbons (Fsp3) is 0.211. The second kappa shape index (κ2) is 8.54. The molecule has 2 heterocycles. The Balaban J connectivity index is 1.50. The molecule has 1 aliphatic rings. The van der Waals surface area contributed by atoms with Gasteiger partial charge in [0.25, 0.3) is 5.91 Å². The van der Waals surface area contributed by atoms with Crippen molar-refractivity contribution in [2.45, 2.75) is 4.90 Å². The zero-order valence-corrected chi connectivity index (χ0v) is 19.2. The van der Waals surface area contributed by atoms with E-state index in [2.05, 4.69) is 15.6 Å². The summed E-state index contributed by atoms with van der Waals surface area (Å²) in [6.45, 7) is -0.701. The van der Waals surface area contributed by atoms with Crippen molar-refractivity contribution in [1.82, 2.24) is 9.29 Å². The summed E-state index contributed by atoms with van der Waals surface area (Å²) in [6.07, 6.45) is 0. The second-order valence-electron chi connectivity index (χ2n) is 6.78. The molecular formula is C19H17ClN4O6S2. The van der Waals surface area contributed by atoms with E-state index in [9.17, 15) is 18.0 Å². The maximum absolute atomic E-state index is 13.0. The number of benzene rings is 2. The number of thiazole rings is 1. The number of anilines is 2. The zero-order chi connectivity index (χ0) is 23.0. The number of nitrogens with one attached hydrogen (secondary N) is 2. The van der Waals surface area contributed by atoms with Gasteiger partial charge in [0.05, 0.1) is 34.6 Å². The minimum absolute atomic E-state index is 0.109. The summed E-state index contributed by atoms with van der Waals surface area (Å²) >= 11 is 7.38. The van der Waals surface area contributed by atoms with Crippen molar-refractivity contribution in [2.75, 3.05) is 37.9 Å². The fourth-order valence-corrected chi connectivity index (χ4v) is 5.53. The van der Waals surface area contributed by atoms with E-state index in [1.165, 1.54) is 30.5 Å². The predicted octanol–water partition coefficient (Wildman–Crippen LogP) is 2.55. The van der Waals surface area contributed by atoms with Crippen LogP contribution in [0.3, 0.4) is 0 Å². The molecule has 0 aliphatic carbocycles. The van der Waals surface area contributed by atoms with Crippen LogP contribution in [-0.4, -0.2) is 56.8 Å². The topological polar surface area (TPSA) is 127 Å². The second-order valence-corrected chi connectivity index (χ2v) is 10.2. The predicted molar refractivity (Wildman–Crippen MR) is 120 cm³/mol. The maximum atomic E-state index is 13.0. The standard InChI is InChI=1S/C19H17ClN4O6S2/c1-24(8-17(25)23-19-22-12-4-3-10(29-2)5-15(12)31-19)32(27,28)16-7-14-13(6-11(16)20)21-18(26)9-30-14/h3-7H,8-9H2,1-2H3,(H,21,26)(H,22,23,25). The fourth-order valence-electron chi connectivity index (χ4n) is 2.98. The summed E-state index contributed by atoms with van der Waals surface area (Å²) in [5.74, 6) is -0.100. The first-order chi connectivity index (χ1) is 15.2. The van der Waals surface area contributed by atoms with Crippen molar-refractivity contribution in [1.29, 1.82) is 0 Å². The van der Waals surface area contributed by atoms with E-state index in [0.717, 1.165) is 9.01 Å². The number of hydrogen-bond donors (Lipinski definition) is 2. The molecule has 4 rings (SSSR count). The van der Waals surface area contributed by atoms with Gasteiger partial charge in [-0.1, -0.05) is 22.9 Å². The molecule has 0 atom stereocenters. The molecule has 1 aromatic heterocycles. The molecule has 0 bridgehead atoms. The highest BCUT2D eigenvalue weighted by Crippen LogP contribution is 2.36. The first-order valence-electron chi connectivity index (χ1n) is 9.14. The van der Waals surface area contributed by atoms with Gasteiger partial charge in [-0.3, -0.25) is 9.59 Å². The molecular weight excluding hydrogens is 480 g/mol. The Labute approximate surface area is 192 Å². The van der Waals surface area contributed by atoms with E-state index < -0.39 is 22.5 Å². The number of amides is 2. The third-order valence-electron chi connectivity index (χ3n) is 4.56. The van der Waals surface area contributed by atoms with E-state index in [0.29, 0.717) is 16.4 Å². The van der Waals surface area contributed by atoms with Crippen LogP contribution in [0, 0.1) is 0 Å². The molecule has 0 spiro atoms. The lowest BCUT2D eigenvalue weighted by Crippen LogP contribution is -2.35. The number of rotatable bonds is 6. The molecule has 13 heteroatoms. The molecule has 0 saturated carbocycles. The SMILES string of the molecule is COc1ccc2nc(NC(=O)CN(C)S(=O)(=O)c3cc4c(cc3Cl)NC(=O)CO4)sc2c1. The summed E-state index contributed by atoms with van der Waals surface area (Å²) in [5.41, 5.74) is 0.957. The summed E-state index contributed by atoms with van der Waals surface area (Å²) in [4.78, 5) is 28.0. The largest absolute Gasteiger partial charge is 0.497 e. The molecule has 2 aromatic carbocycles. The van der Waals surface area contributed by atoms with Crippen LogP contribution < -0.4 is 20.1 Å². The lowest BCUT2D eigenvalue weighted by molar-refractivity contribution is -0.118. The number of aromatic nitrogens is 1. The smallest absolute Gasteiger partial charge is 0.262 e. The third kappa shape index (κ3) is 4.35. The van der Waals surface area contributed by atoms with Crippen LogP contribution in [0.25, 0.3) is 10.2 Å². The number of nitrogens with zero attached hydrogens (tertiary/aromatic N) is 2. The lowest BCUT2D eigenvalue weighted by atomic mass is 10.2. The highest BCUT2D eigenvalue weighted by atomic mass is 35.5. The zero-order valence-electron chi connectivity index (χ0n) is 16.8. The van der Waals surface area contributed by atoms with Gasteiger partial charge >= 0.3 is 0 Å². The molecule has 2 N–H and O–H groups in total. The van der Waals surface area contributed by atoms with E-state index in [1.54, 1.807) is 25.3 Å². The average Bonchev–Trinajstić information content (AvgIpc) is 3.13. The number of fused-ring (bicyclic) bond motifs is 2. The first kappa shape index (κ1) is 22.3. The number of ether oxygens (including phenoxy) is 2.